The van der Waals surface area contributed by atoms with Crippen LogP contribution in [0.15, 0.2) is 99.1 Å². The molecule has 1 fully saturated rings. The summed E-state index contributed by atoms with van der Waals surface area (Å²) in [6.07, 6.45) is 27.8. The second-order valence-corrected chi connectivity index (χ2v) is 18.3. The van der Waals surface area contributed by atoms with Crippen LogP contribution in [0.5, 0.6) is 0 Å². The molecule has 9 aromatic rings. The number of imidazole rings is 4. The van der Waals surface area contributed by atoms with Gasteiger partial charge in [0.25, 0.3) is 0 Å². The molecule has 0 spiro atoms. The largest absolute Gasteiger partial charge is 0.344 e. The lowest BCUT2D eigenvalue weighted by atomic mass is 9.96. The molecule has 10 rings (SSSR count). The summed E-state index contributed by atoms with van der Waals surface area (Å²) in [5.41, 5.74) is 1.26. The molecule has 1 aliphatic rings. The fourth-order valence-electron chi connectivity index (χ4n) is 6.88. The summed E-state index contributed by atoms with van der Waals surface area (Å²) in [6, 6.07) is 10.3. The van der Waals surface area contributed by atoms with E-state index in [2.05, 4.69) is 33.8 Å². The number of nitrogens with zero attached hydrogens (tertiary/aromatic N) is 12. The van der Waals surface area contributed by atoms with E-state index in [0.29, 0.717) is 12.6 Å². The van der Waals surface area contributed by atoms with E-state index < -0.39 is 0 Å². The van der Waals surface area contributed by atoms with Gasteiger partial charge in [-0.05, 0) is 77.4 Å². The minimum absolute atomic E-state index is 0.0265. The van der Waals surface area contributed by atoms with Crippen LogP contribution in [0.2, 0.25) is 0 Å². The summed E-state index contributed by atoms with van der Waals surface area (Å²) in [5, 5.41) is 0. The van der Waals surface area contributed by atoms with Crippen LogP contribution in [0.1, 0.15) is 103 Å². The molecule has 1 saturated carbocycles. The van der Waals surface area contributed by atoms with E-state index in [-0.39, 0.29) is 22.8 Å². The number of hydrogen-bond donors (Lipinski definition) is 0. The number of hydrogen-bond acceptors (Lipinski definition) is 12. The number of aryl methyl sites for hydroxylation is 2. The minimum Gasteiger partial charge on any atom is -0.246 e. The van der Waals surface area contributed by atoms with E-state index in [1.165, 1.54) is 97.5 Å². The van der Waals surface area contributed by atoms with Crippen LogP contribution in [0.25, 0.3) is 19.8 Å². The van der Waals surface area contributed by atoms with Gasteiger partial charge in [0.05, 0.1) is 6.54 Å². The van der Waals surface area contributed by atoms with Gasteiger partial charge in [-0.1, -0.05) is 95.5 Å². The fraction of sp³-hybridized carbons (Fsp3) is 0.450. The molecule has 0 bridgehead atoms. The third-order valence-corrected chi connectivity index (χ3v) is 14.2. The third-order valence-electron chi connectivity index (χ3n) is 10.1. The van der Waals surface area contributed by atoms with Gasteiger partial charge in [-0.15, -0.1) is 0 Å². The molecular weight excluding hydrogens is 841 g/mol. The van der Waals surface area contributed by atoms with Crippen LogP contribution in [-0.4, -0.2) is 53.4 Å². The van der Waals surface area contributed by atoms with Gasteiger partial charge in [0, 0.05) is 68.7 Å². The van der Waals surface area contributed by atoms with Gasteiger partial charge in [-0.25, -0.2) is 72.5 Å². The molecule has 20 heteroatoms. The highest BCUT2D eigenvalue weighted by Crippen LogP contribution is 2.28. The SMILES string of the molecule is CCCCCCn1sc2nccn2c1=O.CCCCCn1sc2nccn2c1=O.O=c1n(C2CCCCC2)sc2nccn12.O=c1n(Cc2ccccc2)sc2nccn12. The van der Waals surface area contributed by atoms with Gasteiger partial charge in [0.1, 0.15) is 0 Å². The van der Waals surface area contributed by atoms with Crippen LogP contribution in [0, 0.1) is 0 Å². The first-order valence-corrected chi connectivity index (χ1v) is 23.6. The van der Waals surface area contributed by atoms with Crippen molar-refractivity contribution in [2.75, 3.05) is 0 Å². The van der Waals surface area contributed by atoms with Crippen molar-refractivity contribution in [3.8, 4) is 0 Å². The van der Waals surface area contributed by atoms with E-state index in [1.807, 2.05) is 34.3 Å². The zero-order chi connectivity index (χ0) is 41.8. The molecule has 0 N–H and O–H groups in total. The van der Waals surface area contributed by atoms with Crippen LogP contribution in [-0.2, 0) is 19.6 Å². The summed E-state index contributed by atoms with van der Waals surface area (Å²) >= 11 is 5.76. The minimum atomic E-state index is -0.0265. The molecule has 318 valence electrons. The molecular formula is C40H50N12O4S4. The summed E-state index contributed by atoms with van der Waals surface area (Å²) in [5.74, 6) is 0. The Hall–Kier alpha value is -5.18. The van der Waals surface area contributed by atoms with E-state index in [4.69, 9.17) is 0 Å². The topological polar surface area (TPSA) is 157 Å². The third kappa shape index (κ3) is 10.2. The maximum Gasteiger partial charge on any atom is 0.344 e. The monoisotopic (exact) mass is 890 g/mol. The molecule has 60 heavy (non-hydrogen) atoms. The summed E-state index contributed by atoms with van der Waals surface area (Å²) in [4.78, 5) is 66.9. The summed E-state index contributed by atoms with van der Waals surface area (Å²) in [7, 11) is 0. The summed E-state index contributed by atoms with van der Waals surface area (Å²) in [6.45, 7) is 6.59. The van der Waals surface area contributed by atoms with Crippen molar-refractivity contribution in [3.63, 3.8) is 0 Å². The van der Waals surface area contributed by atoms with Gasteiger partial charge in [0.2, 0.25) is 19.8 Å². The van der Waals surface area contributed by atoms with Gasteiger partial charge in [-0.2, -0.15) is 0 Å². The van der Waals surface area contributed by atoms with Crippen molar-refractivity contribution in [1.29, 1.82) is 0 Å². The first-order chi connectivity index (χ1) is 29.4. The van der Waals surface area contributed by atoms with Gasteiger partial charge in [0.15, 0.2) is 0 Å². The van der Waals surface area contributed by atoms with Crippen LogP contribution in [0.3, 0.4) is 0 Å². The lowest BCUT2D eigenvalue weighted by Crippen LogP contribution is -2.24. The molecule has 1 aromatic carbocycles. The Morgan fingerprint density at radius 1 is 0.517 bits per heavy atom. The first kappa shape index (κ1) is 42.9. The van der Waals surface area contributed by atoms with Gasteiger partial charge >= 0.3 is 22.8 Å². The van der Waals surface area contributed by atoms with Crippen molar-refractivity contribution in [3.05, 3.63) is 127 Å². The molecule has 0 saturated heterocycles. The molecule has 8 heterocycles. The lowest BCUT2D eigenvalue weighted by Gasteiger charge is -2.20. The second-order valence-electron chi connectivity index (χ2n) is 14.4. The van der Waals surface area contributed by atoms with Crippen LogP contribution in [0.4, 0.5) is 0 Å². The Bertz CT molecular complexity index is 2920. The average molecular weight is 891 g/mol. The van der Waals surface area contributed by atoms with Crippen molar-refractivity contribution in [1.82, 2.24) is 53.4 Å². The van der Waals surface area contributed by atoms with Crippen LogP contribution >= 0.6 is 46.1 Å². The maximum atomic E-state index is 12.0. The summed E-state index contributed by atoms with van der Waals surface area (Å²) < 4.78 is 13.6. The van der Waals surface area contributed by atoms with Crippen molar-refractivity contribution in [2.24, 2.45) is 0 Å². The Morgan fingerprint density at radius 2 is 0.950 bits per heavy atom. The van der Waals surface area contributed by atoms with Crippen molar-refractivity contribution in [2.45, 2.75) is 117 Å². The Balaban J connectivity index is 0.000000121. The highest BCUT2D eigenvalue weighted by atomic mass is 32.1. The predicted molar refractivity (Wildman–Crippen MR) is 241 cm³/mol. The Morgan fingerprint density at radius 3 is 1.43 bits per heavy atom. The van der Waals surface area contributed by atoms with E-state index in [9.17, 15) is 19.2 Å². The number of unbranched alkanes of at least 4 members (excludes halogenated alkanes) is 5. The molecule has 0 aliphatic heterocycles. The predicted octanol–water partition coefficient (Wildman–Crippen LogP) is 7.55. The molecule has 0 radical (unpaired) electrons. The van der Waals surface area contributed by atoms with Gasteiger partial charge in [-0.3, -0.25) is 0 Å². The Kier molecular flexibility index (Phi) is 14.9. The highest BCUT2D eigenvalue weighted by Gasteiger charge is 2.20. The van der Waals surface area contributed by atoms with Gasteiger partial charge < -0.3 is 0 Å². The Labute approximate surface area is 361 Å². The van der Waals surface area contributed by atoms with E-state index >= 15 is 0 Å². The molecule has 1 aliphatic carbocycles. The number of benzene rings is 1. The number of fused-ring (bicyclic) bond motifs is 4. The molecule has 8 aromatic heterocycles. The molecule has 0 unspecified atom stereocenters. The van der Waals surface area contributed by atoms with Crippen LogP contribution < -0.4 is 22.8 Å². The standard InChI is InChI=1S/C11H9N3OS.C10H13N3OS.C10H15N3OS.C9H13N3OS/c15-11-13-7-6-12-10(13)16-14(11)8-9-4-2-1-3-5-9;14-10-12-7-6-11-9(12)15-13(10)8-4-2-1-3-5-8;1-2-3-4-5-7-13-10(14)12-8-6-11-9(12)15-13;1-2-3-4-6-12-9(13)11-7-5-10-8(11)14-12/h1-7H,8H2;6-8H,1-5H2;6,8H,2-5,7H2,1H3;5,7H,2-4,6H2,1H3. The number of aromatic nitrogens is 12. The quantitative estimate of drug-likeness (QED) is 0.114. The fourth-order valence-corrected chi connectivity index (χ4v) is 10.7. The highest BCUT2D eigenvalue weighted by molar-refractivity contribution is 7.12. The van der Waals surface area contributed by atoms with E-state index in [0.717, 1.165) is 64.2 Å². The van der Waals surface area contributed by atoms with Crippen molar-refractivity contribution >= 4 is 66.0 Å². The zero-order valence-corrected chi connectivity index (χ0v) is 37.1. The van der Waals surface area contributed by atoms with E-state index in [1.54, 1.807) is 79.0 Å². The molecule has 0 amide bonds. The smallest absolute Gasteiger partial charge is 0.246 e. The van der Waals surface area contributed by atoms with Crippen molar-refractivity contribution < 1.29 is 0 Å². The first-order valence-electron chi connectivity index (χ1n) is 20.5. The number of rotatable bonds is 12. The zero-order valence-electron chi connectivity index (χ0n) is 33.8. The average Bonchev–Trinajstić information content (AvgIpc) is 4.14. The normalized spacial score (nSPS) is 13.0. The lowest BCUT2D eigenvalue weighted by molar-refractivity contribution is 0.362. The molecule has 16 nitrogen and oxygen atoms in total. The second kappa shape index (κ2) is 20.9. The molecule has 0 atom stereocenters. The maximum absolute atomic E-state index is 12.0.